The van der Waals surface area contributed by atoms with Crippen LogP contribution in [0.15, 0.2) is 40.9 Å². The first-order chi connectivity index (χ1) is 9.11. The first-order valence-corrected chi connectivity index (χ1v) is 6.66. The van der Waals surface area contributed by atoms with E-state index in [2.05, 4.69) is 26.6 Å². The molecular weight excluding hydrogens is 306 g/mol. The van der Waals surface area contributed by atoms with Crippen molar-refractivity contribution in [3.63, 3.8) is 0 Å². The molecule has 0 radical (unpaired) electrons. The lowest BCUT2D eigenvalue weighted by Gasteiger charge is -2.10. The second-order valence-electron chi connectivity index (χ2n) is 4.45. The van der Waals surface area contributed by atoms with Gasteiger partial charge in [0.05, 0.1) is 17.8 Å². The second-order valence-corrected chi connectivity index (χ2v) is 5.37. The molecule has 1 heterocycles. The molecule has 2 aromatic rings. The molecule has 1 aliphatic rings. The maximum Gasteiger partial charge on any atom is 0.228 e. The molecule has 2 aromatic carbocycles. The van der Waals surface area contributed by atoms with Gasteiger partial charge in [-0.25, -0.2) is 0 Å². The minimum absolute atomic E-state index is 0.0373. The van der Waals surface area contributed by atoms with Gasteiger partial charge in [-0.2, -0.15) is 0 Å². The molecule has 0 fully saturated rings. The molecule has 0 aromatic heterocycles. The standard InChI is InChI=1S/C14H12BrN3O/c15-9-1-3-13(11(16)7-9)17-10-2-4-12-8(5-10)6-14(19)18-12/h1-5,7,17H,6,16H2,(H,18,19). The number of halogens is 1. The molecule has 1 amide bonds. The van der Waals surface area contributed by atoms with Crippen LogP contribution in [-0.4, -0.2) is 5.91 Å². The highest BCUT2D eigenvalue weighted by Crippen LogP contribution is 2.30. The highest BCUT2D eigenvalue weighted by Gasteiger charge is 2.17. The van der Waals surface area contributed by atoms with Crippen molar-refractivity contribution < 1.29 is 4.79 Å². The smallest absolute Gasteiger partial charge is 0.228 e. The Morgan fingerprint density at radius 3 is 2.84 bits per heavy atom. The Bertz CT molecular complexity index is 670. The van der Waals surface area contributed by atoms with Gasteiger partial charge in [-0.3, -0.25) is 4.79 Å². The third kappa shape index (κ3) is 2.42. The monoisotopic (exact) mass is 317 g/mol. The SMILES string of the molecule is Nc1cc(Br)ccc1Nc1ccc2c(c1)CC(=O)N2. The minimum Gasteiger partial charge on any atom is -0.397 e. The van der Waals surface area contributed by atoms with Crippen LogP contribution in [0.25, 0.3) is 0 Å². The average molecular weight is 318 g/mol. The van der Waals surface area contributed by atoms with Crippen molar-refractivity contribution >= 4 is 44.6 Å². The van der Waals surface area contributed by atoms with Crippen molar-refractivity contribution in [2.75, 3.05) is 16.4 Å². The van der Waals surface area contributed by atoms with E-state index >= 15 is 0 Å². The van der Waals surface area contributed by atoms with E-state index in [4.69, 9.17) is 5.73 Å². The van der Waals surface area contributed by atoms with E-state index in [0.717, 1.165) is 27.1 Å². The average Bonchev–Trinajstić information content (AvgIpc) is 2.72. The molecule has 96 valence electrons. The zero-order valence-corrected chi connectivity index (χ0v) is 11.6. The normalized spacial score (nSPS) is 13.0. The number of anilines is 4. The molecule has 0 unspecified atom stereocenters. The number of nitrogens with two attached hydrogens (primary N) is 1. The third-order valence-corrected chi connectivity index (χ3v) is 3.52. The van der Waals surface area contributed by atoms with Gasteiger partial charge in [0.25, 0.3) is 0 Å². The third-order valence-electron chi connectivity index (χ3n) is 3.02. The van der Waals surface area contributed by atoms with Crippen molar-refractivity contribution in [3.05, 3.63) is 46.4 Å². The van der Waals surface area contributed by atoms with Gasteiger partial charge in [0, 0.05) is 15.8 Å². The number of hydrogen-bond donors (Lipinski definition) is 3. The van der Waals surface area contributed by atoms with Gasteiger partial charge in [0.2, 0.25) is 5.91 Å². The summed E-state index contributed by atoms with van der Waals surface area (Å²) in [4.78, 5) is 11.3. The number of nitrogen functional groups attached to an aromatic ring is 1. The van der Waals surface area contributed by atoms with Crippen LogP contribution in [0.2, 0.25) is 0 Å². The summed E-state index contributed by atoms with van der Waals surface area (Å²) in [6, 6.07) is 11.5. The lowest BCUT2D eigenvalue weighted by atomic mass is 10.1. The van der Waals surface area contributed by atoms with E-state index in [9.17, 15) is 4.79 Å². The van der Waals surface area contributed by atoms with Crippen LogP contribution < -0.4 is 16.4 Å². The van der Waals surface area contributed by atoms with Crippen molar-refractivity contribution in [1.29, 1.82) is 0 Å². The van der Waals surface area contributed by atoms with Crippen molar-refractivity contribution in [2.45, 2.75) is 6.42 Å². The topological polar surface area (TPSA) is 67.1 Å². The first kappa shape index (κ1) is 12.0. The van der Waals surface area contributed by atoms with E-state index in [1.807, 2.05) is 36.4 Å². The van der Waals surface area contributed by atoms with Crippen LogP contribution in [0.5, 0.6) is 0 Å². The molecule has 19 heavy (non-hydrogen) atoms. The minimum atomic E-state index is 0.0373. The van der Waals surface area contributed by atoms with Gasteiger partial charge < -0.3 is 16.4 Å². The van der Waals surface area contributed by atoms with Crippen LogP contribution in [0.4, 0.5) is 22.7 Å². The van der Waals surface area contributed by atoms with E-state index in [0.29, 0.717) is 12.1 Å². The fourth-order valence-electron chi connectivity index (χ4n) is 2.11. The highest BCUT2D eigenvalue weighted by atomic mass is 79.9. The molecule has 0 bridgehead atoms. The van der Waals surface area contributed by atoms with Crippen LogP contribution in [0, 0.1) is 0 Å². The quantitative estimate of drug-likeness (QED) is 0.745. The van der Waals surface area contributed by atoms with Gasteiger partial charge in [-0.05, 0) is 42.0 Å². The summed E-state index contributed by atoms with van der Waals surface area (Å²) in [5.74, 6) is 0.0373. The molecular formula is C14H12BrN3O. The van der Waals surface area contributed by atoms with Crippen molar-refractivity contribution in [3.8, 4) is 0 Å². The molecule has 4 N–H and O–H groups in total. The fourth-order valence-corrected chi connectivity index (χ4v) is 2.49. The molecule has 0 spiro atoms. The molecule has 0 atom stereocenters. The Balaban J connectivity index is 1.88. The first-order valence-electron chi connectivity index (χ1n) is 5.86. The zero-order valence-electron chi connectivity index (χ0n) is 10.0. The second kappa shape index (κ2) is 4.59. The summed E-state index contributed by atoms with van der Waals surface area (Å²) in [6.07, 6.45) is 0.431. The molecule has 4 nitrogen and oxygen atoms in total. The molecule has 0 saturated heterocycles. The van der Waals surface area contributed by atoms with Crippen LogP contribution in [-0.2, 0) is 11.2 Å². The lowest BCUT2D eigenvalue weighted by molar-refractivity contribution is -0.115. The van der Waals surface area contributed by atoms with E-state index in [1.54, 1.807) is 0 Å². The number of benzene rings is 2. The van der Waals surface area contributed by atoms with Gasteiger partial charge in [0.15, 0.2) is 0 Å². The van der Waals surface area contributed by atoms with Crippen LogP contribution in [0.1, 0.15) is 5.56 Å². The van der Waals surface area contributed by atoms with Crippen LogP contribution in [0.3, 0.4) is 0 Å². The largest absolute Gasteiger partial charge is 0.397 e. The number of amides is 1. The lowest BCUT2D eigenvalue weighted by Crippen LogP contribution is -2.03. The van der Waals surface area contributed by atoms with E-state index < -0.39 is 0 Å². The molecule has 1 aliphatic heterocycles. The fraction of sp³-hybridized carbons (Fsp3) is 0.0714. The number of rotatable bonds is 2. The molecule has 5 heteroatoms. The van der Waals surface area contributed by atoms with Gasteiger partial charge in [-0.1, -0.05) is 15.9 Å². The Labute approximate surface area is 119 Å². The van der Waals surface area contributed by atoms with Crippen molar-refractivity contribution in [2.24, 2.45) is 0 Å². The Hall–Kier alpha value is -2.01. The summed E-state index contributed by atoms with van der Waals surface area (Å²) < 4.78 is 0.944. The number of carbonyl (C=O) groups is 1. The zero-order chi connectivity index (χ0) is 13.4. The molecule has 0 aliphatic carbocycles. The maximum atomic E-state index is 11.3. The summed E-state index contributed by atoms with van der Waals surface area (Å²) in [7, 11) is 0. The van der Waals surface area contributed by atoms with Gasteiger partial charge >= 0.3 is 0 Å². The number of fused-ring (bicyclic) bond motifs is 1. The number of nitrogens with one attached hydrogen (secondary N) is 2. The Morgan fingerprint density at radius 1 is 1.21 bits per heavy atom. The highest BCUT2D eigenvalue weighted by molar-refractivity contribution is 9.10. The summed E-state index contributed by atoms with van der Waals surface area (Å²) in [5.41, 5.74) is 10.3. The maximum absolute atomic E-state index is 11.3. The summed E-state index contributed by atoms with van der Waals surface area (Å²) >= 11 is 3.38. The van der Waals surface area contributed by atoms with E-state index in [-0.39, 0.29) is 5.91 Å². The number of carbonyl (C=O) groups excluding carboxylic acids is 1. The summed E-state index contributed by atoms with van der Waals surface area (Å²) in [6.45, 7) is 0. The molecule has 0 saturated carbocycles. The summed E-state index contributed by atoms with van der Waals surface area (Å²) in [5, 5.41) is 6.07. The van der Waals surface area contributed by atoms with E-state index in [1.165, 1.54) is 0 Å². The predicted octanol–water partition coefficient (Wildman–Crippen LogP) is 3.27. The van der Waals surface area contributed by atoms with Crippen LogP contribution >= 0.6 is 15.9 Å². The molecule has 3 rings (SSSR count). The number of hydrogen-bond acceptors (Lipinski definition) is 3. The van der Waals surface area contributed by atoms with Gasteiger partial charge in [0.1, 0.15) is 0 Å². The van der Waals surface area contributed by atoms with Crippen molar-refractivity contribution in [1.82, 2.24) is 0 Å². The predicted molar refractivity (Wildman–Crippen MR) is 80.6 cm³/mol. The van der Waals surface area contributed by atoms with Gasteiger partial charge in [-0.15, -0.1) is 0 Å². The Morgan fingerprint density at radius 2 is 2.05 bits per heavy atom. The Kier molecular flexibility index (Phi) is 2.91.